The number of hydrogen-bond donors (Lipinski definition) is 1. The molecule has 2 aliphatic carbocycles. The minimum Gasteiger partial charge on any atom is -0.327 e. The zero-order valence-corrected chi connectivity index (χ0v) is 11.2. The summed E-state index contributed by atoms with van der Waals surface area (Å²) >= 11 is 5.91. The van der Waals surface area contributed by atoms with E-state index in [1.165, 1.54) is 31.7 Å². The molecule has 1 aromatic carbocycles. The Morgan fingerprint density at radius 3 is 2.61 bits per heavy atom. The average molecular weight is 268 g/mol. The van der Waals surface area contributed by atoms with Crippen LogP contribution >= 0.6 is 11.6 Å². The summed E-state index contributed by atoms with van der Waals surface area (Å²) in [6.45, 7) is 0. The van der Waals surface area contributed by atoms with Crippen LogP contribution in [0.2, 0.25) is 5.02 Å². The maximum atomic E-state index is 13.7. The Morgan fingerprint density at radius 1 is 1.28 bits per heavy atom. The molecule has 2 saturated carbocycles. The molecule has 3 rings (SSSR count). The average Bonchev–Trinajstić information content (AvgIpc) is 3.08. The van der Waals surface area contributed by atoms with Crippen LogP contribution in [0.5, 0.6) is 0 Å². The molecule has 3 unspecified atom stereocenters. The topological polar surface area (TPSA) is 26.0 Å². The van der Waals surface area contributed by atoms with E-state index in [0.29, 0.717) is 22.9 Å². The molecule has 0 spiro atoms. The number of rotatable bonds is 3. The van der Waals surface area contributed by atoms with Crippen molar-refractivity contribution in [1.29, 1.82) is 0 Å². The van der Waals surface area contributed by atoms with Crippen LogP contribution in [0.3, 0.4) is 0 Å². The fourth-order valence-electron chi connectivity index (χ4n) is 3.77. The molecule has 0 radical (unpaired) electrons. The highest BCUT2D eigenvalue weighted by molar-refractivity contribution is 6.30. The van der Waals surface area contributed by atoms with E-state index in [0.717, 1.165) is 11.8 Å². The molecule has 2 aliphatic rings. The molecular formula is C15H19ClFN. The molecule has 3 heteroatoms. The van der Waals surface area contributed by atoms with Gasteiger partial charge in [0.2, 0.25) is 0 Å². The molecule has 2 fully saturated rings. The van der Waals surface area contributed by atoms with Crippen LogP contribution in [-0.4, -0.2) is 6.04 Å². The lowest BCUT2D eigenvalue weighted by Crippen LogP contribution is -2.27. The van der Waals surface area contributed by atoms with Crippen molar-refractivity contribution < 1.29 is 4.39 Å². The van der Waals surface area contributed by atoms with Gasteiger partial charge in [0.1, 0.15) is 5.82 Å². The second kappa shape index (κ2) is 4.82. The van der Waals surface area contributed by atoms with E-state index in [9.17, 15) is 4.39 Å². The third-order valence-corrected chi connectivity index (χ3v) is 4.92. The van der Waals surface area contributed by atoms with E-state index in [1.807, 2.05) is 0 Å². The molecule has 0 heterocycles. The summed E-state index contributed by atoms with van der Waals surface area (Å²) in [4.78, 5) is 0. The largest absolute Gasteiger partial charge is 0.327 e. The first-order valence-corrected chi connectivity index (χ1v) is 7.24. The van der Waals surface area contributed by atoms with E-state index in [1.54, 1.807) is 12.1 Å². The molecule has 0 saturated heterocycles. The van der Waals surface area contributed by atoms with E-state index in [-0.39, 0.29) is 11.9 Å². The van der Waals surface area contributed by atoms with Crippen LogP contribution in [0.25, 0.3) is 0 Å². The lowest BCUT2D eigenvalue weighted by molar-refractivity contribution is 0.480. The summed E-state index contributed by atoms with van der Waals surface area (Å²) in [5, 5.41) is 0.590. The first-order valence-electron chi connectivity index (χ1n) is 6.86. The Kier molecular flexibility index (Phi) is 3.33. The molecule has 98 valence electrons. The summed E-state index contributed by atoms with van der Waals surface area (Å²) in [6, 6.07) is 4.82. The number of halogens is 2. The van der Waals surface area contributed by atoms with Gasteiger partial charge in [0.15, 0.2) is 0 Å². The molecule has 2 N–H and O–H groups in total. The maximum Gasteiger partial charge on any atom is 0.126 e. The van der Waals surface area contributed by atoms with Crippen molar-refractivity contribution in [1.82, 2.24) is 0 Å². The Balaban J connectivity index is 1.67. The number of benzene rings is 1. The zero-order valence-electron chi connectivity index (χ0n) is 10.4. The fraction of sp³-hybridized carbons (Fsp3) is 0.600. The van der Waals surface area contributed by atoms with Crippen LogP contribution in [-0.2, 0) is 6.42 Å². The predicted octanol–water partition coefficient (Wildman–Crippen LogP) is 3.79. The van der Waals surface area contributed by atoms with Gasteiger partial charge in [-0.25, -0.2) is 4.39 Å². The Labute approximate surface area is 113 Å². The van der Waals surface area contributed by atoms with Gasteiger partial charge in [-0.3, -0.25) is 0 Å². The van der Waals surface area contributed by atoms with Crippen molar-refractivity contribution in [2.24, 2.45) is 23.5 Å². The number of hydrogen-bond acceptors (Lipinski definition) is 1. The molecular weight excluding hydrogens is 249 g/mol. The molecule has 0 bridgehead atoms. The third-order valence-electron chi connectivity index (χ3n) is 4.68. The van der Waals surface area contributed by atoms with Gasteiger partial charge in [-0.2, -0.15) is 0 Å². The highest BCUT2D eigenvalue weighted by Gasteiger charge is 2.52. The van der Waals surface area contributed by atoms with Crippen LogP contribution in [0.4, 0.5) is 4.39 Å². The first kappa shape index (κ1) is 12.4. The highest BCUT2D eigenvalue weighted by Crippen LogP contribution is 2.56. The molecule has 1 nitrogen and oxygen atoms in total. The lowest BCUT2D eigenvalue weighted by Gasteiger charge is -2.12. The van der Waals surface area contributed by atoms with Crippen LogP contribution in [0.1, 0.15) is 31.2 Å². The molecule has 0 aliphatic heterocycles. The van der Waals surface area contributed by atoms with E-state index >= 15 is 0 Å². The van der Waals surface area contributed by atoms with Crippen LogP contribution in [0.15, 0.2) is 18.2 Å². The maximum absolute atomic E-state index is 13.7. The van der Waals surface area contributed by atoms with E-state index in [2.05, 4.69) is 0 Å². The van der Waals surface area contributed by atoms with E-state index < -0.39 is 0 Å². The molecule has 1 aromatic rings. The first-order chi connectivity index (χ1) is 8.66. The highest BCUT2D eigenvalue weighted by atomic mass is 35.5. The van der Waals surface area contributed by atoms with Crippen molar-refractivity contribution in [3.8, 4) is 0 Å². The van der Waals surface area contributed by atoms with Gasteiger partial charge < -0.3 is 5.73 Å². The second-order valence-electron chi connectivity index (χ2n) is 5.79. The smallest absolute Gasteiger partial charge is 0.126 e. The Hall–Kier alpha value is -0.600. The van der Waals surface area contributed by atoms with Crippen LogP contribution in [0, 0.1) is 23.6 Å². The molecule has 0 amide bonds. The van der Waals surface area contributed by atoms with Gasteiger partial charge in [-0.15, -0.1) is 0 Å². The van der Waals surface area contributed by atoms with Crippen molar-refractivity contribution in [2.45, 2.75) is 38.1 Å². The van der Waals surface area contributed by atoms with Gasteiger partial charge in [0.25, 0.3) is 0 Å². The van der Waals surface area contributed by atoms with Gasteiger partial charge in [0, 0.05) is 11.1 Å². The quantitative estimate of drug-likeness (QED) is 0.886. The molecule has 0 aromatic heterocycles. The van der Waals surface area contributed by atoms with Crippen molar-refractivity contribution >= 4 is 11.6 Å². The lowest BCUT2D eigenvalue weighted by atomic mass is 10.0. The SMILES string of the molecule is NC(Cc1cc(Cl)ccc1F)C1C2CCCCC21. The molecule has 18 heavy (non-hydrogen) atoms. The summed E-state index contributed by atoms with van der Waals surface area (Å²) in [6.07, 6.45) is 5.94. The fourth-order valence-corrected chi connectivity index (χ4v) is 3.97. The molecule has 3 atom stereocenters. The Bertz CT molecular complexity index is 436. The number of nitrogens with two attached hydrogens (primary N) is 1. The summed E-state index contributed by atoms with van der Waals surface area (Å²) < 4.78 is 13.7. The van der Waals surface area contributed by atoms with Gasteiger partial charge >= 0.3 is 0 Å². The zero-order chi connectivity index (χ0) is 12.7. The third kappa shape index (κ3) is 2.28. The second-order valence-corrected chi connectivity index (χ2v) is 6.23. The normalized spacial score (nSPS) is 31.8. The van der Waals surface area contributed by atoms with Gasteiger partial charge in [-0.1, -0.05) is 24.4 Å². The minimum absolute atomic E-state index is 0.0890. The summed E-state index contributed by atoms with van der Waals surface area (Å²) in [5.74, 6) is 2.07. The summed E-state index contributed by atoms with van der Waals surface area (Å²) in [7, 11) is 0. The van der Waals surface area contributed by atoms with Crippen molar-refractivity contribution in [2.75, 3.05) is 0 Å². The standard InChI is InChI=1S/C15H19ClFN/c16-10-5-6-13(17)9(7-10)8-14(18)15-11-3-1-2-4-12(11)15/h5-7,11-12,14-15H,1-4,8,18H2. The monoisotopic (exact) mass is 267 g/mol. The Morgan fingerprint density at radius 2 is 1.94 bits per heavy atom. The van der Waals surface area contributed by atoms with E-state index in [4.69, 9.17) is 17.3 Å². The van der Waals surface area contributed by atoms with Crippen LogP contribution < -0.4 is 5.73 Å². The van der Waals surface area contributed by atoms with Gasteiger partial charge in [0.05, 0.1) is 0 Å². The van der Waals surface area contributed by atoms with Gasteiger partial charge in [-0.05, 0) is 60.8 Å². The van der Waals surface area contributed by atoms with Crippen molar-refractivity contribution in [3.63, 3.8) is 0 Å². The minimum atomic E-state index is -0.182. The summed E-state index contributed by atoms with van der Waals surface area (Å²) in [5.41, 5.74) is 6.95. The number of fused-ring (bicyclic) bond motifs is 1. The predicted molar refractivity (Wildman–Crippen MR) is 72.0 cm³/mol. The van der Waals surface area contributed by atoms with Crippen molar-refractivity contribution in [3.05, 3.63) is 34.6 Å².